The largest absolute Gasteiger partial charge is 0.506 e. The van der Waals surface area contributed by atoms with Crippen LogP contribution in [0.2, 0.25) is 0 Å². The minimum Gasteiger partial charge on any atom is -0.506 e. The predicted molar refractivity (Wildman–Crippen MR) is 91.2 cm³/mol. The Morgan fingerprint density at radius 3 is 2.53 bits per heavy atom. The number of halogens is 2. The molecule has 0 saturated carbocycles. The van der Waals surface area contributed by atoms with Crippen LogP contribution in [0.25, 0.3) is 0 Å². The van der Waals surface area contributed by atoms with Gasteiger partial charge in [-0.05, 0) is 62.9 Å². The van der Waals surface area contributed by atoms with Crippen molar-refractivity contribution < 1.29 is 9.90 Å². The van der Waals surface area contributed by atoms with Gasteiger partial charge in [0, 0.05) is 10.1 Å². The van der Waals surface area contributed by atoms with Crippen LogP contribution < -0.4 is 5.32 Å². The van der Waals surface area contributed by atoms with Crippen molar-refractivity contribution in [1.82, 2.24) is 5.32 Å². The molecule has 0 aliphatic heterocycles. The number of hydrogen-bond acceptors (Lipinski definition) is 2. The maximum atomic E-state index is 12.1. The van der Waals surface area contributed by atoms with Crippen molar-refractivity contribution in [2.75, 3.05) is 0 Å². The molecule has 1 amide bonds. The van der Waals surface area contributed by atoms with Crippen LogP contribution in [-0.2, 0) is 6.54 Å². The van der Waals surface area contributed by atoms with Gasteiger partial charge in [-0.1, -0.05) is 30.3 Å². The summed E-state index contributed by atoms with van der Waals surface area (Å²) in [5.74, 6) is -0.232. The summed E-state index contributed by atoms with van der Waals surface area (Å²) < 4.78 is 1.60. The molecule has 0 aliphatic carbocycles. The van der Waals surface area contributed by atoms with Crippen molar-refractivity contribution in [2.45, 2.75) is 6.54 Å². The summed E-state index contributed by atoms with van der Waals surface area (Å²) in [6, 6.07) is 13.2. The Bertz CT molecular complexity index is 600. The van der Waals surface area contributed by atoms with E-state index < -0.39 is 0 Å². The first-order valence-electron chi connectivity index (χ1n) is 5.58. The quantitative estimate of drug-likeness (QED) is 0.663. The number of hydrogen-bond donors (Lipinski definition) is 2. The zero-order chi connectivity index (χ0) is 13.8. The fraction of sp³-hybridized carbons (Fsp3) is 0.0714. The van der Waals surface area contributed by atoms with Gasteiger partial charge < -0.3 is 10.4 Å². The summed E-state index contributed by atoms with van der Waals surface area (Å²) in [7, 11) is 0. The third kappa shape index (κ3) is 3.82. The first-order valence-corrected chi connectivity index (χ1v) is 7.74. The van der Waals surface area contributed by atoms with E-state index in [2.05, 4.69) is 27.9 Å². The number of carbonyl (C=O) groups excluding carboxylic acids is 1. The third-order valence-corrected chi connectivity index (χ3v) is 4.01. The second kappa shape index (κ2) is 6.56. The van der Waals surface area contributed by atoms with Crippen LogP contribution in [0.4, 0.5) is 0 Å². The van der Waals surface area contributed by atoms with Crippen molar-refractivity contribution in [3.63, 3.8) is 0 Å². The highest BCUT2D eigenvalue weighted by molar-refractivity contribution is 14.1. The highest BCUT2D eigenvalue weighted by Gasteiger charge is 2.14. The molecule has 19 heavy (non-hydrogen) atoms. The van der Waals surface area contributed by atoms with Crippen molar-refractivity contribution >= 4 is 51.1 Å². The van der Waals surface area contributed by atoms with Gasteiger partial charge in [0.2, 0.25) is 0 Å². The number of amides is 1. The minimum absolute atomic E-state index is 0.0339. The predicted octanol–water partition coefficient (Wildman–Crippen LogP) is 3.53. The van der Waals surface area contributed by atoms with Crippen LogP contribution in [0.1, 0.15) is 15.9 Å². The second-order valence-corrected chi connectivity index (χ2v) is 6.36. The molecule has 2 N–H and O–H groups in total. The van der Waals surface area contributed by atoms with Crippen LogP contribution in [-0.4, -0.2) is 11.0 Å². The molecule has 0 saturated heterocycles. The zero-order valence-electron chi connectivity index (χ0n) is 9.86. The molecule has 0 atom stereocenters. The van der Waals surface area contributed by atoms with Gasteiger partial charge in [0.25, 0.3) is 5.91 Å². The first kappa shape index (κ1) is 14.6. The second-order valence-electron chi connectivity index (χ2n) is 3.95. The van der Waals surface area contributed by atoms with Crippen LogP contribution in [0.15, 0.2) is 42.5 Å². The Morgan fingerprint density at radius 2 is 1.84 bits per heavy atom. The number of carbonyl (C=O) groups is 1. The van der Waals surface area contributed by atoms with E-state index in [1.807, 2.05) is 59.0 Å². The lowest BCUT2D eigenvalue weighted by atomic mass is 10.1. The van der Waals surface area contributed by atoms with E-state index in [-0.39, 0.29) is 11.7 Å². The van der Waals surface area contributed by atoms with Crippen LogP contribution >= 0.6 is 45.2 Å². The highest BCUT2D eigenvalue weighted by atomic mass is 127. The fourth-order valence-electron chi connectivity index (χ4n) is 1.61. The van der Waals surface area contributed by atoms with Crippen LogP contribution in [0.3, 0.4) is 0 Å². The molecular weight excluding hydrogens is 468 g/mol. The fourth-order valence-corrected chi connectivity index (χ4v) is 3.46. The molecule has 0 unspecified atom stereocenters. The normalized spacial score (nSPS) is 10.2. The summed E-state index contributed by atoms with van der Waals surface area (Å²) in [6.45, 7) is 0.446. The molecule has 0 aliphatic rings. The van der Waals surface area contributed by atoms with Gasteiger partial charge in [0.05, 0.1) is 9.13 Å². The number of nitrogens with one attached hydrogen (secondary N) is 1. The molecule has 0 bridgehead atoms. The molecule has 0 spiro atoms. The number of aromatic hydroxyl groups is 1. The summed E-state index contributed by atoms with van der Waals surface area (Å²) in [4.78, 5) is 12.1. The molecule has 0 radical (unpaired) electrons. The maximum Gasteiger partial charge on any atom is 0.255 e. The smallest absolute Gasteiger partial charge is 0.255 e. The molecule has 0 aromatic heterocycles. The van der Waals surface area contributed by atoms with Crippen LogP contribution in [0, 0.1) is 7.14 Å². The highest BCUT2D eigenvalue weighted by Crippen LogP contribution is 2.26. The lowest BCUT2D eigenvalue weighted by Crippen LogP contribution is -2.23. The SMILES string of the molecule is O=C(NCc1ccccc1)c1cc(I)cc(I)c1O. The number of phenolic OH excluding ortho intramolecular Hbond substituents is 1. The number of phenols is 1. The van der Waals surface area contributed by atoms with E-state index in [1.165, 1.54) is 0 Å². The Kier molecular flexibility index (Phi) is 5.03. The monoisotopic (exact) mass is 479 g/mol. The molecule has 2 aromatic rings. The van der Waals surface area contributed by atoms with E-state index in [0.717, 1.165) is 9.13 Å². The Balaban J connectivity index is 2.13. The average molecular weight is 479 g/mol. The van der Waals surface area contributed by atoms with Gasteiger partial charge in [-0.3, -0.25) is 4.79 Å². The van der Waals surface area contributed by atoms with Gasteiger partial charge in [0.1, 0.15) is 5.75 Å². The van der Waals surface area contributed by atoms with Crippen molar-refractivity contribution in [3.05, 3.63) is 60.7 Å². The van der Waals surface area contributed by atoms with E-state index in [1.54, 1.807) is 6.07 Å². The topological polar surface area (TPSA) is 49.3 Å². The van der Waals surface area contributed by atoms with E-state index >= 15 is 0 Å². The first-order chi connectivity index (χ1) is 9.08. The maximum absolute atomic E-state index is 12.1. The lowest BCUT2D eigenvalue weighted by molar-refractivity contribution is 0.0948. The lowest BCUT2D eigenvalue weighted by Gasteiger charge is -2.09. The number of rotatable bonds is 3. The Morgan fingerprint density at radius 1 is 1.16 bits per heavy atom. The summed E-state index contributed by atoms with van der Waals surface area (Å²) >= 11 is 4.14. The van der Waals surface area contributed by atoms with Crippen LogP contribution in [0.5, 0.6) is 5.75 Å². The van der Waals surface area contributed by atoms with E-state index in [0.29, 0.717) is 15.7 Å². The zero-order valence-corrected chi connectivity index (χ0v) is 14.2. The molecule has 0 heterocycles. The molecular formula is C14H11I2NO2. The average Bonchev–Trinajstić information content (AvgIpc) is 2.41. The molecule has 98 valence electrons. The van der Waals surface area contributed by atoms with Gasteiger partial charge in [-0.2, -0.15) is 0 Å². The van der Waals surface area contributed by atoms with Crippen molar-refractivity contribution in [2.24, 2.45) is 0 Å². The third-order valence-electron chi connectivity index (χ3n) is 2.57. The van der Waals surface area contributed by atoms with Crippen molar-refractivity contribution in [3.8, 4) is 5.75 Å². The van der Waals surface area contributed by atoms with E-state index in [4.69, 9.17) is 0 Å². The molecule has 2 aromatic carbocycles. The van der Waals surface area contributed by atoms with Crippen molar-refractivity contribution in [1.29, 1.82) is 0 Å². The Hall–Kier alpha value is -0.830. The van der Waals surface area contributed by atoms with Gasteiger partial charge in [0.15, 0.2) is 0 Å². The van der Waals surface area contributed by atoms with Gasteiger partial charge in [-0.15, -0.1) is 0 Å². The van der Waals surface area contributed by atoms with Gasteiger partial charge >= 0.3 is 0 Å². The Labute approximate surface area is 138 Å². The van der Waals surface area contributed by atoms with Gasteiger partial charge in [-0.25, -0.2) is 0 Å². The standard InChI is InChI=1S/C14H11I2NO2/c15-10-6-11(13(18)12(16)7-10)14(19)17-8-9-4-2-1-3-5-9/h1-7,18H,8H2,(H,17,19). The summed E-state index contributed by atoms with van der Waals surface area (Å²) in [5.41, 5.74) is 1.34. The minimum atomic E-state index is -0.266. The summed E-state index contributed by atoms with van der Waals surface area (Å²) in [6.07, 6.45) is 0. The molecule has 0 fully saturated rings. The molecule has 5 heteroatoms. The number of benzene rings is 2. The summed E-state index contributed by atoms with van der Waals surface area (Å²) in [5, 5.41) is 12.7. The molecule has 2 rings (SSSR count). The molecule has 3 nitrogen and oxygen atoms in total. The van der Waals surface area contributed by atoms with E-state index in [9.17, 15) is 9.90 Å².